The molecule has 0 spiro atoms. The van der Waals surface area contributed by atoms with Crippen LogP contribution in [0.2, 0.25) is 0 Å². The van der Waals surface area contributed by atoms with Crippen molar-refractivity contribution in [2.24, 2.45) is 0 Å². The Hall–Kier alpha value is -2.57. The number of carbonyl (C=O) groups is 3. The molecule has 2 N–H and O–H groups in total. The summed E-state index contributed by atoms with van der Waals surface area (Å²) in [6, 6.07) is 5.68. The van der Waals surface area contributed by atoms with Crippen molar-refractivity contribution in [2.45, 2.75) is 13.8 Å². The number of amides is 2. The Labute approximate surface area is 122 Å². The third-order valence-corrected chi connectivity index (χ3v) is 2.35. The lowest BCUT2D eigenvalue weighted by molar-refractivity contribution is -0.141. The molecule has 0 aliphatic carbocycles. The van der Waals surface area contributed by atoms with Crippen LogP contribution in [0.25, 0.3) is 0 Å². The zero-order chi connectivity index (χ0) is 15.7. The van der Waals surface area contributed by atoms with Gasteiger partial charge in [-0.3, -0.25) is 4.79 Å². The average Bonchev–Trinajstić information content (AvgIpc) is 2.46. The van der Waals surface area contributed by atoms with E-state index in [2.05, 4.69) is 15.4 Å². The maximum atomic E-state index is 11.5. The summed E-state index contributed by atoms with van der Waals surface area (Å²) in [5.74, 6) is -0.930. The first kappa shape index (κ1) is 16.5. The fraction of sp³-hybridized carbons (Fsp3) is 0.357. The quantitative estimate of drug-likeness (QED) is 0.776. The van der Waals surface area contributed by atoms with Gasteiger partial charge in [0.2, 0.25) is 0 Å². The molecule has 0 aromatic heterocycles. The topological polar surface area (TPSA) is 93.7 Å². The third-order valence-electron chi connectivity index (χ3n) is 2.35. The van der Waals surface area contributed by atoms with Gasteiger partial charge in [0.15, 0.2) is 0 Å². The van der Waals surface area contributed by atoms with Gasteiger partial charge < -0.3 is 20.1 Å². The summed E-state index contributed by atoms with van der Waals surface area (Å²) >= 11 is 0. The van der Waals surface area contributed by atoms with Crippen LogP contribution < -0.4 is 10.6 Å². The average molecular weight is 294 g/mol. The minimum Gasteiger partial charge on any atom is -0.465 e. The molecule has 0 aliphatic heterocycles. The van der Waals surface area contributed by atoms with Crippen molar-refractivity contribution in [3.05, 3.63) is 29.8 Å². The van der Waals surface area contributed by atoms with E-state index in [0.717, 1.165) is 0 Å². The molecule has 1 aromatic carbocycles. The summed E-state index contributed by atoms with van der Waals surface area (Å²) in [6.07, 6.45) is 0. The van der Waals surface area contributed by atoms with Crippen LogP contribution in [0.5, 0.6) is 0 Å². The van der Waals surface area contributed by atoms with Crippen molar-refractivity contribution < 1.29 is 23.9 Å². The molecule has 1 aromatic rings. The largest absolute Gasteiger partial charge is 0.465 e. The Balaban J connectivity index is 2.46. The summed E-state index contributed by atoms with van der Waals surface area (Å²) in [5.41, 5.74) is 0.888. The first-order valence-corrected chi connectivity index (χ1v) is 6.54. The SMILES string of the molecule is CCOC(=O)CNC(=O)Nc1ccc(C(=O)OCC)cc1. The molecular weight excluding hydrogens is 276 g/mol. The number of esters is 2. The zero-order valence-corrected chi connectivity index (χ0v) is 12.0. The summed E-state index contributed by atoms with van der Waals surface area (Å²) in [6.45, 7) is 3.76. The fourth-order valence-corrected chi connectivity index (χ4v) is 1.44. The van der Waals surface area contributed by atoms with E-state index in [1.807, 2.05) is 0 Å². The standard InChI is InChI=1S/C14H18N2O5/c1-3-20-12(17)9-15-14(19)16-11-7-5-10(6-8-11)13(18)21-4-2/h5-8H,3-4,9H2,1-2H3,(H2,15,16,19). The van der Waals surface area contributed by atoms with Crippen LogP contribution in [0, 0.1) is 0 Å². The summed E-state index contributed by atoms with van der Waals surface area (Å²) in [4.78, 5) is 34.0. The van der Waals surface area contributed by atoms with Crippen LogP contribution in [0.1, 0.15) is 24.2 Å². The molecule has 0 bridgehead atoms. The number of benzene rings is 1. The molecule has 7 heteroatoms. The zero-order valence-electron chi connectivity index (χ0n) is 12.0. The number of anilines is 1. The van der Waals surface area contributed by atoms with E-state index in [1.165, 1.54) is 0 Å². The van der Waals surface area contributed by atoms with E-state index >= 15 is 0 Å². The summed E-state index contributed by atoms with van der Waals surface area (Å²) in [7, 11) is 0. The predicted molar refractivity (Wildman–Crippen MR) is 76.1 cm³/mol. The van der Waals surface area contributed by atoms with Gasteiger partial charge in [0, 0.05) is 5.69 Å². The van der Waals surface area contributed by atoms with Gasteiger partial charge >= 0.3 is 18.0 Å². The summed E-state index contributed by atoms with van der Waals surface area (Å²) in [5, 5.41) is 4.88. The van der Waals surface area contributed by atoms with Crippen LogP contribution >= 0.6 is 0 Å². The second-order valence-corrected chi connectivity index (χ2v) is 3.91. The Kier molecular flexibility index (Phi) is 6.73. The predicted octanol–water partition coefficient (Wildman–Crippen LogP) is 1.55. The highest BCUT2D eigenvalue weighted by Crippen LogP contribution is 2.10. The number of rotatable bonds is 6. The van der Waals surface area contributed by atoms with Crippen molar-refractivity contribution in [2.75, 3.05) is 25.1 Å². The van der Waals surface area contributed by atoms with Gasteiger partial charge in [-0.2, -0.15) is 0 Å². The highest BCUT2D eigenvalue weighted by atomic mass is 16.5. The second-order valence-electron chi connectivity index (χ2n) is 3.91. The number of hydrogen-bond acceptors (Lipinski definition) is 5. The Morgan fingerprint density at radius 3 is 2.19 bits per heavy atom. The maximum Gasteiger partial charge on any atom is 0.338 e. The fourth-order valence-electron chi connectivity index (χ4n) is 1.44. The van der Waals surface area contributed by atoms with Gasteiger partial charge in [-0.05, 0) is 38.1 Å². The lowest BCUT2D eigenvalue weighted by Crippen LogP contribution is -2.34. The van der Waals surface area contributed by atoms with Crippen molar-refractivity contribution in [1.29, 1.82) is 0 Å². The van der Waals surface area contributed by atoms with E-state index in [9.17, 15) is 14.4 Å². The molecule has 2 amide bonds. The Bertz CT molecular complexity index is 499. The van der Waals surface area contributed by atoms with Gasteiger partial charge in [0.25, 0.3) is 0 Å². The molecule has 0 saturated heterocycles. The number of ether oxygens (including phenoxy) is 2. The van der Waals surface area contributed by atoms with Gasteiger partial charge in [0.1, 0.15) is 6.54 Å². The van der Waals surface area contributed by atoms with E-state index in [0.29, 0.717) is 17.9 Å². The van der Waals surface area contributed by atoms with Crippen molar-refractivity contribution >= 4 is 23.7 Å². The molecular formula is C14H18N2O5. The minimum absolute atomic E-state index is 0.208. The second kappa shape index (κ2) is 8.57. The minimum atomic E-state index is -0.535. The third kappa shape index (κ3) is 5.94. The van der Waals surface area contributed by atoms with Crippen LogP contribution in [0.4, 0.5) is 10.5 Å². The lowest BCUT2D eigenvalue weighted by Gasteiger charge is -2.08. The van der Waals surface area contributed by atoms with Gasteiger partial charge in [-0.1, -0.05) is 0 Å². The molecule has 114 valence electrons. The van der Waals surface area contributed by atoms with Crippen molar-refractivity contribution in [3.8, 4) is 0 Å². The number of hydrogen-bond donors (Lipinski definition) is 2. The van der Waals surface area contributed by atoms with E-state index in [4.69, 9.17) is 4.74 Å². The van der Waals surface area contributed by atoms with E-state index < -0.39 is 18.0 Å². The molecule has 1 rings (SSSR count). The highest BCUT2D eigenvalue weighted by molar-refractivity contribution is 5.93. The smallest absolute Gasteiger partial charge is 0.338 e. The molecule has 0 radical (unpaired) electrons. The van der Waals surface area contributed by atoms with Crippen molar-refractivity contribution in [1.82, 2.24) is 5.32 Å². The lowest BCUT2D eigenvalue weighted by atomic mass is 10.2. The van der Waals surface area contributed by atoms with Gasteiger partial charge in [0.05, 0.1) is 18.8 Å². The molecule has 21 heavy (non-hydrogen) atoms. The van der Waals surface area contributed by atoms with Gasteiger partial charge in [-0.25, -0.2) is 9.59 Å². The highest BCUT2D eigenvalue weighted by Gasteiger charge is 2.08. The first-order valence-electron chi connectivity index (χ1n) is 6.54. The molecule has 0 aliphatic rings. The van der Waals surface area contributed by atoms with Crippen LogP contribution in [-0.4, -0.2) is 37.7 Å². The molecule has 0 atom stereocenters. The molecule has 0 heterocycles. The monoisotopic (exact) mass is 294 g/mol. The van der Waals surface area contributed by atoms with Gasteiger partial charge in [-0.15, -0.1) is 0 Å². The number of urea groups is 1. The maximum absolute atomic E-state index is 11.5. The number of carbonyl (C=O) groups excluding carboxylic acids is 3. The van der Waals surface area contributed by atoms with Crippen LogP contribution in [0.15, 0.2) is 24.3 Å². The van der Waals surface area contributed by atoms with E-state index in [1.54, 1.807) is 38.1 Å². The molecule has 0 saturated carbocycles. The van der Waals surface area contributed by atoms with Crippen molar-refractivity contribution in [3.63, 3.8) is 0 Å². The summed E-state index contributed by atoms with van der Waals surface area (Å²) < 4.78 is 9.52. The normalized spacial score (nSPS) is 9.62. The van der Waals surface area contributed by atoms with E-state index in [-0.39, 0.29) is 13.2 Å². The van der Waals surface area contributed by atoms with Crippen LogP contribution in [0.3, 0.4) is 0 Å². The first-order chi connectivity index (χ1) is 10.1. The molecule has 0 unspecified atom stereocenters. The number of nitrogens with one attached hydrogen (secondary N) is 2. The Morgan fingerprint density at radius 2 is 1.62 bits per heavy atom. The molecule has 7 nitrogen and oxygen atoms in total. The van der Waals surface area contributed by atoms with Crippen LogP contribution in [-0.2, 0) is 14.3 Å². The Morgan fingerprint density at radius 1 is 1.00 bits per heavy atom. The molecule has 0 fully saturated rings.